The van der Waals surface area contributed by atoms with E-state index in [2.05, 4.69) is 10.1 Å². The SMILES string of the molecule is O=C(c1ccc(-c2nc(-c3ccc(F)cc3)no2)cc1)N1CCOCC1. The molecule has 1 saturated heterocycles. The van der Waals surface area contributed by atoms with Gasteiger partial charge in [0.15, 0.2) is 0 Å². The maximum Gasteiger partial charge on any atom is 0.258 e. The average Bonchev–Trinajstić information content (AvgIpc) is 3.19. The maximum absolute atomic E-state index is 13.0. The van der Waals surface area contributed by atoms with Crippen LogP contribution in [0, 0.1) is 5.82 Å². The van der Waals surface area contributed by atoms with Gasteiger partial charge in [-0.2, -0.15) is 4.98 Å². The number of benzene rings is 2. The number of rotatable bonds is 3. The second kappa shape index (κ2) is 7.05. The van der Waals surface area contributed by atoms with Crippen molar-refractivity contribution >= 4 is 5.91 Å². The molecule has 0 N–H and O–H groups in total. The van der Waals surface area contributed by atoms with E-state index in [1.54, 1.807) is 41.3 Å². The van der Waals surface area contributed by atoms with Gasteiger partial charge in [-0.1, -0.05) is 5.16 Å². The van der Waals surface area contributed by atoms with Crippen molar-refractivity contribution in [3.8, 4) is 22.8 Å². The number of nitrogens with zero attached hydrogens (tertiary/aromatic N) is 3. The van der Waals surface area contributed by atoms with Gasteiger partial charge in [0.1, 0.15) is 5.82 Å². The first-order valence-electron chi connectivity index (χ1n) is 8.28. The smallest absolute Gasteiger partial charge is 0.258 e. The van der Waals surface area contributed by atoms with Gasteiger partial charge in [0.2, 0.25) is 5.82 Å². The van der Waals surface area contributed by atoms with E-state index in [0.717, 1.165) is 0 Å². The molecule has 132 valence electrons. The number of aromatic nitrogens is 2. The van der Waals surface area contributed by atoms with Crippen LogP contribution in [0.15, 0.2) is 53.1 Å². The number of morpholine rings is 1. The number of carbonyl (C=O) groups is 1. The van der Waals surface area contributed by atoms with Crippen molar-refractivity contribution in [3.05, 3.63) is 59.9 Å². The molecule has 1 aromatic heterocycles. The van der Waals surface area contributed by atoms with Gasteiger partial charge < -0.3 is 14.2 Å². The van der Waals surface area contributed by atoms with Crippen LogP contribution in [0.1, 0.15) is 10.4 Å². The van der Waals surface area contributed by atoms with Crippen molar-refractivity contribution in [2.24, 2.45) is 0 Å². The Morgan fingerprint density at radius 1 is 0.962 bits per heavy atom. The molecule has 0 spiro atoms. The second-order valence-corrected chi connectivity index (χ2v) is 5.91. The van der Waals surface area contributed by atoms with Crippen LogP contribution in [0.4, 0.5) is 4.39 Å². The van der Waals surface area contributed by atoms with Crippen molar-refractivity contribution in [3.63, 3.8) is 0 Å². The highest BCUT2D eigenvalue weighted by Gasteiger charge is 2.19. The van der Waals surface area contributed by atoms with Crippen molar-refractivity contribution in [1.82, 2.24) is 15.0 Å². The Morgan fingerprint density at radius 2 is 1.62 bits per heavy atom. The van der Waals surface area contributed by atoms with Crippen LogP contribution >= 0.6 is 0 Å². The van der Waals surface area contributed by atoms with Gasteiger partial charge in [-0.15, -0.1) is 0 Å². The lowest BCUT2D eigenvalue weighted by Crippen LogP contribution is -2.40. The van der Waals surface area contributed by atoms with Crippen LogP contribution < -0.4 is 0 Å². The molecule has 1 aliphatic heterocycles. The Kier molecular flexibility index (Phi) is 4.45. The van der Waals surface area contributed by atoms with E-state index in [9.17, 15) is 9.18 Å². The van der Waals surface area contributed by atoms with Gasteiger partial charge >= 0.3 is 0 Å². The van der Waals surface area contributed by atoms with Gasteiger partial charge in [-0.25, -0.2) is 4.39 Å². The van der Waals surface area contributed by atoms with Crippen LogP contribution in [0.25, 0.3) is 22.8 Å². The van der Waals surface area contributed by atoms with Gasteiger partial charge in [0, 0.05) is 29.8 Å². The maximum atomic E-state index is 13.0. The molecule has 0 atom stereocenters. The third kappa shape index (κ3) is 3.34. The molecule has 2 heterocycles. The molecule has 1 amide bonds. The summed E-state index contributed by atoms with van der Waals surface area (Å²) in [5, 5.41) is 3.93. The van der Waals surface area contributed by atoms with Crippen molar-refractivity contribution in [2.75, 3.05) is 26.3 Å². The fourth-order valence-corrected chi connectivity index (χ4v) is 2.76. The lowest BCUT2D eigenvalue weighted by Gasteiger charge is -2.26. The first kappa shape index (κ1) is 16.4. The minimum Gasteiger partial charge on any atom is -0.378 e. The van der Waals surface area contributed by atoms with Crippen LogP contribution in [0.3, 0.4) is 0 Å². The van der Waals surface area contributed by atoms with E-state index in [1.807, 2.05) is 0 Å². The molecule has 3 aromatic rings. The van der Waals surface area contributed by atoms with Gasteiger partial charge in [-0.05, 0) is 48.5 Å². The summed E-state index contributed by atoms with van der Waals surface area (Å²) in [5.74, 6) is 0.388. The quantitative estimate of drug-likeness (QED) is 0.724. The molecule has 0 radical (unpaired) electrons. The molecule has 6 nitrogen and oxygen atoms in total. The number of ether oxygens (including phenoxy) is 1. The lowest BCUT2D eigenvalue weighted by atomic mass is 10.1. The Bertz CT molecular complexity index is 901. The molecule has 1 fully saturated rings. The number of halogens is 1. The van der Waals surface area contributed by atoms with Crippen molar-refractivity contribution in [2.45, 2.75) is 0 Å². The number of hydrogen-bond acceptors (Lipinski definition) is 5. The summed E-state index contributed by atoms with van der Waals surface area (Å²) >= 11 is 0. The molecule has 26 heavy (non-hydrogen) atoms. The highest BCUT2D eigenvalue weighted by Crippen LogP contribution is 2.23. The van der Waals surface area contributed by atoms with E-state index in [1.165, 1.54) is 12.1 Å². The summed E-state index contributed by atoms with van der Waals surface area (Å²) < 4.78 is 23.6. The molecule has 0 aliphatic carbocycles. The monoisotopic (exact) mass is 353 g/mol. The van der Waals surface area contributed by atoms with Crippen LogP contribution in [-0.2, 0) is 4.74 Å². The minimum atomic E-state index is -0.321. The zero-order valence-electron chi connectivity index (χ0n) is 13.9. The predicted octanol–water partition coefficient (Wildman–Crippen LogP) is 3.02. The molecule has 7 heteroatoms. The van der Waals surface area contributed by atoms with Crippen molar-refractivity contribution in [1.29, 1.82) is 0 Å². The van der Waals surface area contributed by atoms with E-state index in [-0.39, 0.29) is 11.7 Å². The Labute approximate surface area is 149 Å². The summed E-state index contributed by atoms with van der Waals surface area (Å²) in [4.78, 5) is 18.6. The summed E-state index contributed by atoms with van der Waals surface area (Å²) in [5.41, 5.74) is 1.99. The first-order valence-corrected chi connectivity index (χ1v) is 8.28. The van der Waals surface area contributed by atoms with Crippen LogP contribution in [0.5, 0.6) is 0 Å². The normalized spacial score (nSPS) is 14.4. The summed E-state index contributed by atoms with van der Waals surface area (Å²) in [7, 11) is 0. The molecule has 2 aromatic carbocycles. The highest BCUT2D eigenvalue weighted by atomic mass is 19.1. The summed E-state index contributed by atoms with van der Waals surface area (Å²) in [6.45, 7) is 2.34. The standard InChI is InChI=1S/C19H16FN3O3/c20-16-7-5-13(6-8-16)17-21-18(26-22-17)14-1-3-15(4-2-14)19(24)23-9-11-25-12-10-23/h1-8H,9-12H2. The Hall–Kier alpha value is -3.06. The number of amides is 1. The fourth-order valence-electron chi connectivity index (χ4n) is 2.76. The molecule has 0 unspecified atom stereocenters. The van der Waals surface area contributed by atoms with E-state index >= 15 is 0 Å². The van der Waals surface area contributed by atoms with Gasteiger partial charge in [0.05, 0.1) is 13.2 Å². The van der Waals surface area contributed by atoms with Crippen molar-refractivity contribution < 1.29 is 18.4 Å². The second-order valence-electron chi connectivity index (χ2n) is 5.91. The zero-order valence-corrected chi connectivity index (χ0v) is 13.9. The average molecular weight is 353 g/mol. The molecule has 0 saturated carbocycles. The van der Waals surface area contributed by atoms with E-state index in [4.69, 9.17) is 9.26 Å². The first-order chi connectivity index (χ1) is 12.7. The molecule has 4 rings (SSSR count). The third-order valence-corrected chi connectivity index (χ3v) is 4.21. The highest BCUT2D eigenvalue weighted by molar-refractivity contribution is 5.94. The third-order valence-electron chi connectivity index (χ3n) is 4.21. The molecule has 1 aliphatic rings. The van der Waals surface area contributed by atoms with Crippen LogP contribution in [-0.4, -0.2) is 47.3 Å². The summed E-state index contributed by atoms with van der Waals surface area (Å²) in [6.07, 6.45) is 0. The largest absolute Gasteiger partial charge is 0.378 e. The summed E-state index contributed by atoms with van der Waals surface area (Å²) in [6, 6.07) is 12.9. The lowest BCUT2D eigenvalue weighted by molar-refractivity contribution is 0.0303. The topological polar surface area (TPSA) is 68.5 Å². The number of hydrogen-bond donors (Lipinski definition) is 0. The Balaban J connectivity index is 1.52. The molecular formula is C19H16FN3O3. The zero-order chi connectivity index (χ0) is 17.9. The van der Waals surface area contributed by atoms with Gasteiger partial charge in [0.25, 0.3) is 11.8 Å². The van der Waals surface area contributed by atoms with Gasteiger partial charge in [-0.3, -0.25) is 4.79 Å². The molecular weight excluding hydrogens is 337 g/mol. The van der Waals surface area contributed by atoms with E-state index < -0.39 is 0 Å². The molecule has 0 bridgehead atoms. The predicted molar refractivity (Wildman–Crippen MR) is 91.9 cm³/mol. The number of carbonyl (C=O) groups excluding carboxylic acids is 1. The minimum absolute atomic E-state index is 0.0163. The van der Waals surface area contributed by atoms with E-state index in [0.29, 0.717) is 54.7 Å². The van der Waals surface area contributed by atoms with Crippen LogP contribution in [0.2, 0.25) is 0 Å². The Morgan fingerprint density at radius 3 is 2.31 bits per heavy atom. The fraction of sp³-hybridized carbons (Fsp3) is 0.211.